The molecule has 2 aromatic heterocycles. The molecule has 3 rings (SSSR count). The van der Waals surface area contributed by atoms with Crippen molar-refractivity contribution < 1.29 is 32.8 Å². The van der Waals surface area contributed by atoms with Crippen LogP contribution in [0.15, 0.2) is 33.2 Å². The number of benzene rings is 1. The molecule has 0 bridgehead atoms. The van der Waals surface area contributed by atoms with E-state index in [9.17, 15) is 14.4 Å². The largest absolute Gasteiger partial charge is 0.497 e. The van der Waals surface area contributed by atoms with E-state index >= 15 is 0 Å². The second-order valence-corrected chi connectivity index (χ2v) is 6.57. The first-order chi connectivity index (χ1) is 14.8. The Bertz CT molecular complexity index is 1110. The van der Waals surface area contributed by atoms with Gasteiger partial charge in [-0.3, -0.25) is 14.9 Å². The Kier molecular flexibility index (Phi) is 6.49. The number of ketones is 1. The van der Waals surface area contributed by atoms with Gasteiger partial charge in [0.25, 0.3) is 0 Å². The summed E-state index contributed by atoms with van der Waals surface area (Å²) in [4.78, 5) is 40.6. The SMILES string of the molecule is COC(=O)c1c(NC(=O)CCc2nc(-c3ccc(OC)cc3)no2)oc(C)c1C(C)=O. The number of nitrogens with zero attached hydrogens (tertiary/aromatic N) is 2. The maximum Gasteiger partial charge on any atom is 0.344 e. The summed E-state index contributed by atoms with van der Waals surface area (Å²) in [5.41, 5.74) is 0.703. The van der Waals surface area contributed by atoms with Crippen LogP contribution in [0.25, 0.3) is 11.4 Å². The van der Waals surface area contributed by atoms with Crippen molar-refractivity contribution in [2.75, 3.05) is 19.5 Å². The van der Waals surface area contributed by atoms with Crippen molar-refractivity contribution >= 4 is 23.5 Å². The van der Waals surface area contributed by atoms with Gasteiger partial charge in [-0.2, -0.15) is 4.98 Å². The predicted octanol–water partition coefficient (Wildman–Crippen LogP) is 3.21. The molecular formula is C21H21N3O7. The number of carbonyl (C=O) groups is 3. The normalized spacial score (nSPS) is 10.6. The van der Waals surface area contributed by atoms with Gasteiger partial charge < -0.3 is 18.4 Å². The molecule has 10 heteroatoms. The van der Waals surface area contributed by atoms with E-state index in [-0.39, 0.29) is 47.3 Å². The van der Waals surface area contributed by atoms with Crippen LogP contribution in [0.4, 0.5) is 5.88 Å². The molecule has 1 aromatic carbocycles. The molecule has 0 atom stereocenters. The number of hydrogen-bond acceptors (Lipinski definition) is 9. The van der Waals surface area contributed by atoms with Gasteiger partial charge in [0.2, 0.25) is 23.5 Å². The molecule has 162 valence electrons. The molecule has 0 aliphatic heterocycles. The zero-order valence-corrected chi connectivity index (χ0v) is 17.5. The lowest BCUT2D eigenvalue weighted by atomic mass is 10.1. The molecule has 0 spiro atoms. The van der Waals surface area contributed by atoms with Gasteiger partial charge in [0.05, 0.1) is 19.8 Å². The van der Waals surface area contributed by atoms with Crippen molar-refractivity contribution in [3.63, 3.8) is 0 Å². The Labute approximate surface area is 177 Å². The Hall–Kier alpha value is -3.95. The van der Waals surface area contributed by atoms with Gasteiger partial charge in [0.1, 0.15) is 17.1 Å². The van der Waals surface area contributed by atoms with E-state index in [2.05, 4.69) is 15.5 Å². The maximum absolute atomic E-state index is 12.4. The lowest BCUT2D eigenvalue weighted by Crippen LogP contribution is -2.16. The Morgan fingerprint density at radius 2 is 1.81 bits per heavy atom. The summed E-state index contributed by atoms with van der Waals surface area (Å²) in [7, 11) is 2.75. The number of esters is 1. The number of Topliss-reactive ketones (excluding diaryl/α,β-unsaturated/α-hetero) is 1. The number of anilines is 1. The van der Waals surface area contributed by atoms with E-state index in [4.69, 9.17) is 18.4 Å². The number of furan rings is 1. The van der Waals surface area contributed by atoms with Crippen LogP contribution in [0.2, 0.25) is 0 Å². The standard InChI is InChI=1S/C21H21N3O7/c1-11(25)17-12(2)30-20(18(17)21(27)29-4)22-15(26)9-10-16-23-19(24-31-16)13-5-7-14(28-3)8-6-13/h5-8H,9-10H2,1-4H3,(H,22,26). The summed E-state index contributed by atoms with van der Waals surface area (Å²) in [6.07, 6.45) is 0.155. The van der Waals surface area contributed by atoms with E-state index in [1.54, 1.807) is 31.4 Å². The second-order valence-electron chi connectivity index (χ2n) is 6.57. The summed E-state index contributed by atoms with van der Waals surface area (Å²) in [6.45, 7) is 2.82. The molecule has 2 heterocycles. The van der Waals surface area contributed by atoms with E-state index in [0.717, 1.165) is 5.56 Å². The monoisotopic (exact) mass is 427 g/mol. The molecule has 0 saturated heterocycles. The summed E-state index contributed by atoms with van der Waals surface area (Å²) in [6, 6.07) is 7.14. The van der Waals surface area contributed by atoms with Gasteiger partial charge in [0.15, 0.2) is 5.78 Å². The van der Waals surface area contributed by atoms with Crippen molar-refractivity contribution in [3.05, 3.63) is 47.0 Å². The van der Waals surface area contributed by atoms with Gasteiger partial charge in [-0.05, 0) is 38.1 Å². The summed E-state index contributed by atoms with van der Waals surface area (Å²) in [5, 5.41) is 6.41. The number of rotatable bonds is 8. The molecular weight excluding hydrogens is 406 g/mol. The minimum Gasteiger partial charge on any atom is -0.497 e. The molecule has 0 radical (unpaired) electrons. The Morgan fingerprint density at radius 3 is 2.42 bits per heavy atom. The highest BCUT2D eigenvalue weighted by atomic mass is 16.5. The van der Waals surface area contributed by atoms with Crippen molar-refractivity contribution in [1.82, 2.24) is 10.1 Å². The van der Waals surface area contributed by atoms with Crippen molar-refractivity contribution in [1.29, 1.82) is 0 Å². The lowest BCUT2D eigenvalue weighted by Gasteiger charge is -2.04. The van der Waals surface area contributed by atoms with E-state index in [0.29, 0.717) is 11.6 Å². The fourth-order valence-electron chi connectivity index (χ4n) is 2.98. The quantitative estimate of drug-likeness (QED) is 0.425. The number of methoxy groups -OCH3 is 2. The Balaban J connectivity index is 1.67. The third-order valence-electron chi connectivity index (χ3n) is 4.46. The number of ether oxygens (including phenoxy) is 2. The molecule has 31 heavy (non-hydrogen) atoms. The molecule has 0 saturated carbocycles. The molecule has 0 fully saturated rings. The van der Waals surface area contributed by atoms with E-state index in [1.807, 2.05) is 0 Å². The number of nitrogens with one attached hydrogen (secondary N) is 1. The van der Waals surface area contributed by atoms with Gasteiger partial charge >= 0.3 is 5.97 Å². The average Bonchev–Trinajstić information content (AvgIpc) is 3.36. The first kappa shape index (κ1) is 21.8. The summed E-state index contributed by atoms with van der Waals surface area (Å²) >= 11 is 0. The van der Waals surface area contributed by atoms with Gasteiger partial charge in [-0.25, -0.2) is 4.79 Å². The molecule has 3 aromatic rings. The minimum atomic E-state index is -0.779. The van der Waals surface area contributed by atoms with Crippen LogP contribution < -0.4 is 10.1 Å². The lowest BCUT2D eigenvalue weighted by molar-refractivity contribution is -0.116. The summed E-state index contributed by atoms with van der Waals surface area (Å²) in [5.74, 6) is -0.173. The smallest absolute Gasteiger partial charge is 0.344 e. The van der Waals surface area contributed by atoms with Crippen molar-refractivity contribution in [2.24, 2.45) is 0 Å². The predicted molar refractivity (Wildman–Crippen MR) is 108 cm³/mol. The average molecular weight is 427 g/mol. The van der Waals surface area contributed by atoms with Crippen LogP contribution in [0, 0.1) is 6.92 Å². The van der Waals surface area contributed by atoms with Gasteiger partial charge in [0, 0.05) is 18.4 Å². The third-order valence-corrected chi connectivity index (χ3v) is 4.46. The second kappa shape index (κ2) is 9.24. The minimum absolute atomic E-state index is 0.0139. The Morgan fingerprint density at radius 1 is 1.10 bits per heavy atom. The number of aromatic nitrogens is 2. The zero-order chi connectivity index (χ0) is 22.5. The van der Waals surface area contributed by atoms with Crippen LogP contribution >= 0.6 is 0 Å². The van der Waals surface area contributed by atoms with Crippen LogP contribution in [0.3, 0.4) is 0 Å². The number of carbonyl (C=O) groups excluding carboxylic acids is 3. The fraction of sp³-hybridized carbons (Fsp3) is 0.286. The third kappa shape index (κ3) is 4.80. The van der Waals surface area contributed by atoms with E-state index < -0.39 is 11.9 Å². The summed E-state index contributed by atoms with van der Waals surface area (Å²) < 4.78 is 20.4. The molecule has 0 aliphatic rings. The highest BCUT2D eigenvalue weighted by molar-refractivity contribution is 6.10. The number of amides is 1. The van der Waals surface area contributed by atoms with Crippen LogP contribution in [-0.4, -0.2) is 42.0 Å². The van der Waals surface area contributed by atoms with Crippen molar-refractivity contribution in [3.8, 4) is 17.1 Å². The highest BCUT2D eigenvalue weighted by Gasteiger charge is 2.28. The molecule has 1 amide bonds. The maximum atomic E-state index is 12.4. The van der Waals surface area contributed by atoms with Gasteiger partial charge in [-0.1, -0.05) is 5.16 Å². The molecule has 1 N–H and O–H groups in total. The van der Waals surface area contributed by atoms with Crippen LogP contribution in [0.5, 0.6) is 5.75 Å². The van der Waals surface area contributed by atoms with E-state index in [1.165, 1.54) is 21.0 Å². The topological polar surface area (TPSA) is 134 Å². The molecule has 0 unspecified atom stereocenters. The fourth-order valence-corrected chi connectivity index (χ4v) is 2.98. The number of aryl methyl sites for hydroxylation is 2. The zero-order valence-electron chi connectivity index (χ0n) is 17.5. The molecule has 10 nitrogen and oxygen atoms in total. The molecule has 0 aliphatic carbocycles. The highest BCUT2D eigenvalue weighted by Crippen LogP contribution is 2.28. The van der Waals surface area contributed by atoms with Gasteiger partial charge in [-0.15, -0.1) is 0 Å². The van der Waals surface area contributed by atoms with Crippen LogP contribution in [-0.2, 0) is 16.0 Å². The number of hydrogen-bond donors (Lipinski definition) is 1. The van der Waals surface area contributed by atoms with Crippen molar-refractivity contribution in [2.45, 2.75) is 26.7 Å². The first-order valence-corrected chi connectivity index (χ1v) is 9.33. The van der Waals surface area contributed by atoms with Crippen LogP contribution in [0.1, 0.15) is 45.7 Å². The first-order valence-electron chi connectivity index (χ1n) is 9.33.